The Hall–Kier alpha value is -0.910. The van der Waals surface area contributed by atoms with Crippen LogP contribution in [-0.4, -0.2) is 27.5 Å². The van der Waals surface area contributed by atoms with E-state index in [1.165, 1.54) is 0 Å². The molecule has 0 radical (unpaired) electrons. The van der Waals surface area contributed by atoms with Gasteiger partial charge in [0.2, 0.25) is 10.0 Å². The van der Waals surface area contributed by atoms with Gasteiger partial charge in [-0.05, 0) is 56.5 Å². The lowest BCUT2D eigenvalue weighted by Crippen LogP contribution is -2.40. The fraction of sp³-hybridized carbons (Fsp3) is 0.571. The molecule has 0 spiro atoms. The van der Waals surface area contributed by atoms with Gasteiger partial charge in [-0.25, -0.2) is 13.1 Å². The van der Waals surface area contributed by atoms with Gasteiger partial charge in [0, 0.05) is 12.6 Å². The smallest absolute Gasteiger partial charge is 0.240 e. The summed E-state index contributed by atoms with van der Waals surface area (Å²) in [6.45, 7) is 5.60. The summed E-state index contributed by atoms with van der Waals surface area (Å²) in [5, 5.41) is 3.26. The lowest BCUT2D eigenvalue weighted by Gasteiger charge is -2.17. The van der Waals surface area contributed by atoms with Crippen molar-refractivity contribution in [3.05, 3.63) is 29.3 Å². The molecule has 1 aliphatic rings. The van der Waals surface area contributed by atoms with Crippen LogP contribution in [0.4, 0.5) is 0 Å². The van der Waals surface area contributed by atoms with Gasteiger partial charge in [-0.15, -0.1) is 0 Å². The van der Waals surface area contributed by atoms with Crippen LogP contribution in [0.1, 0.15) is 30.4 Å². The van der Waals surface area contributed by atoms with Gasteiger partial charge < -0.3 is 5.32 Å². The zero-order valence-corrected chi connectivity index (χ0v) is 12.4. The number of sulfonamides is 1. The number of hydrogen-bond donors (Lipinski definition) is 2. The highest BCUT2D eigenvalue weighted by Crippen LogP contribution is 2.16. The second-order valence-electron chi connectivity index (χ2n) is 5.26. The third-order valence-electron chi connectivity index (χ3n) is 3.66. The molecule has 1 fully saturated rings. The Balaban J connectivity index is 2.14. The van der Waals surface area contributed by atoms with Crippen molar-refractivity contribution in [3.8, 4) is 0 Å². The normalized spacial score (nSPS) is 21.1. The van der Waals surface area contributed by atoms with Gasteiger partial charge in [0.1, 0.15) is 0 Å². The minimum absolute atomic E-state index is 0.00545. The molecule has 1 atom stereocenters. The van der Waals surface area contributed by atoms with Crippen LogP contribution in [-0.2, 0) is 10.0 Å². The molecule has 1 aromatic rings. The van der Waals surface area contributed by atoms with Crippen LogP contribution in [0.2, 0.25) is 0 Å². The molecule has 1 aromatic carbocycles. The van der Waals surface area contributed by atoms with Crippen LogP contribution in [0.25, 0.3) is 0 Å². The number of benzene rings is 1. The average molecular weight is 282 g/mol. The van der Waals surface area contributed by atoms with Crippen molar-refractivity contribution in [3.63, 3.8) is 0 Å². The first-order chi connectivity index (χ1) is 8.99. The van der Waals surface area contributed by atoms with Gasteiger partial charge in [0.05, 0.1) is 4.90 Å². The molecule has 2 rings (SSSR count). The molecular weight excluding hydrogens is 260 g/mol. The Labute approximate surface area is 115 Å². The molecule has 4 nitrogen and oxygen atoms in total. The zero-order valence-electron chi connectivity index (χ0n) is 11.6. The second kappa shape index (κ2) is 6.03. The predicted octanol–water partition coefficient (Wildman–Crippen LogP) is 1.72. The minimum atomic E-state index is -3.41. The van der Waals surface area contributed by atoms with Crippen molar-refractivity contribution < 1.29 is 8.42 Å². The fourth-order valence-corrected chi connectivity index (χ4v) is 3.64. The van der Waals surface area contributed by atoms with Crippen molar-refractivity contribution in [2.45, 2.75) is 44.0 Å². The molecule has 1 saturated heterocycles. The minimum Gasteiger partial charge on any atom is -0.315 e. The van der Waals surface area contributed by atoms with Crippen LogP contribution in [0, 0.1) is 13.8 Å². The van der Waals surface area contributed by atoms with Crippen molar-refractivity contribution >= 4 is 10.0 Å². The number of hydrogen-bond acceptors (Lipinski definition) is 3. The highest BCUT2D eigenvalue weighted by atomic mass is 32.2. The van der Waals surface area contributed by atoms with Gasteiger partial charge in [-0.2, -0.15) is 0 Å². The van der Waals surface area contributed by atoms with Crippen LogP contribution in [0.3, 0.4) is 0 Å². The van der Waals surface area contributed by atoms with E-state index in [0.29, 0.717) is 11.4 Å². The summed E-state index contributed by atoms with van der Waals surface area (Å²) in [6.07, 6.45) is 3.08. The van der Waals surface area contributed by atoms with Gasteiger partial charge in [-0.1, -0.05) is 12.5 Å². The van der Waals surface area contributed by atoms with Crippen LogP contribution in [0.15, 0.2) is 23.1 Å². The van der Waals surface area contributed by atoms with E-state index in [-0.39, 0.29) is 6.04 Å². The SMILES string of the molecule is Cc1ccc(S(=O)(=O)NC2CCCCNC2)cc1C. The molecular formula is C14H22N2O2S. The maximum atomic E-state index is 12.3. The van der Waals surface area contributed by atoms with Gasteiger partial charge >= 0.3 is 0 Å². The standard InChI is InChI=1S/C14H22N2O2S/c1-11-6-7-14(9-12(11)2)19(17,18)16-13-5-3-4-8-15-10-13/h6-7,9,13,15-16H,3-5,8,10H2,1-2H3. The van der Waals surface area contributed by atoms with E-state index >= 15 is 0 Å². The Kier molecular flexibility index (Phi) is 4.60. The quantitative estimate of drug-likeness (QED) is 0.887. The molecule has 0 saturated carbocycles. The molecule has 19 heavy (non-hydrogen) atoms. The first-order valence-electron chi connectivity index (χ1n) is 6.79. The molecule has 0 aromatic heterocycles. The van der Waals surface area contributed by atoms with E-state index in [1.54, 1.807) is 12.1 Å². The maximum absolute atomic E-state index is 12.3. The predicted molar refractivity (Wildman–Crippen MR) is 76.7 cm³/mol. The largest absolute Gasteiger partial charge is 0.315 e. The Morgan fingerprint density at radius 1 is 1.21 bits per heavy atom. The second-order valence-corrected chi connectivity index (χ2v) is 6.98. The van der Waals surface area contributed by atoms with Crippen molar-refractivity contribution in [1.82, 2.24) is 10.0 Å². The molecule has 0 amide bonds. The van der Waals surface area contributed by atoms with E-state index in [9.17, 15) is 8.42 Å². The summed E-state index contributed by atoms with van der Waals surface area (Å²) in [5.74, 6) is 0. The molecule has 0 aliphatic carbocycles. The van der Waals surface area contributed by atoms with Crippen LogP contribution in [0.5, 0.6) is 0 Å². The van der Waals surface area contributed by atoms with Crippen LogP contribution < -0.4 is 10.0 Å². The maximum Gasteiger partial charge on any atom is 0.240 e. The van der Waals surface area contributed by atoms with Crippen molar-refractivity contribution in [2.75, 3.05) is 13.1 Å². The summed E-state index contributed by atoms with van der Waals surface area (Å²) in [4.78, 5) is 0.361. The molecule has 1 unspecified atom stereocenters. The third-order valence-corrected chi connectivity index (χ3v) is 5.18. The first kappa shape index (κ1) is 14.5. The van der Waals surface area contributed by atoms with E-state index in [1.807, 2.05) is 19.9 Å². The lowest BCUT2D eigenvalue weighted by molar-refractivity contribution is 0.521. The van der Waals surface area contributed by atoms with E-state index in [4.69, 9.17) is 0 Å². The summed E-state index contributed by atoms with van der Waals surface area (Å²) >= 11 is 0. The summed E-state index contributed by atoms with van der Waals surface area (Å²) in [6, 6.07) is 5.26. The third kappa shape index (κ3) is 3.78. The summed E-state index contributed by atoms with van der Waals surface area (Å²) < 4.78 is 27.5. The number of nitrogens with one attached hydrogen (secondary N) is 2. The molecule has 0 bridgehead atoms. The Bertz CT molecular complexity index is 532. The van der Waals surface area contributed by atoms with Gasteiger partial charge in [0.25, 0.3) is 0 Å². The van der Waals surface area contributed by atoms with Crippen molar-refractivity contribution in [1.29, 1.82) is 0 Å². The van der Waals surface area contributed by atoms with Crippen molar-refractivity contribution in [2.24, 2.45) is 0 Å². The Morgan fingerprint density at radius 2 is 2.00 bits per heavy atom. The topological polar surface area (TPSA) is 58.2 Å². The van der Waals surface area contributed by atoms with Gasteiger partial charge in [0.15, 0.2) is 0 Å². The lowest BCUT2D eigenvalue weighted by atomic mass is 10.1. The molecule has 106 valence electrons. The summed E-state index contributed by atoms with van der Waals surface area (Å²) in [5.41, 5.74) is 2.11. The van der Waals surface area contributed by atoms with Gasteiger partial charge in [-0.3, -0.25) is 0 Å². The number of aryl methyl sites for hydroxylation is 2. The highest BCUT2D eigenvalue weighted by Gasteiger charge is 2.21. The summed E-state index contributed by atoms with van der Waals surface area (Å²) in [7, 11) is -3.41. The van der Waals surface area contributed by atoms with E-state index in [2.05, 4.69) is 10.0 Å². The zero-order chi connectivity index (χ0) is 13.9. The number of rotatable bonds is 3. The first-order valence-corrected chi connectivity index (χ1v) is 8.28. The molecule has 1 aliphatic heterocycles. The average Bonchev–Trinajstić information content (AvgIpc) is 2.60. The molecule has 2 N–H and O–H groups in total. The van der Waals surface area contributed by atoms with Crippen LogP contribution >= 0.6 is 0 Å². The molecule has 1 heterocycles. The molecule has 5 heteroatoms. The fourth-order valence-electron chi connectivity index (χ4n) is 2.29. The monoisotopic (exact) mass is 282 g/mol. The van der Waals surface area contributed by atoms with E-state index in [0.717, 1.165) is 36.9 Å². The van der Waals surface area contributed by atoms with E-state index < -0.39 is 10.0 Å². The highest BCUT2D eigenvalue weighted by molar-refractivity contribution is 7.89. The Morgan fingerprint density at radius 3 is 2.74 bits per heavy atom.